The van der Waals surface area contributed by atoms with Crippen LogP contribution in [0.2, 0.25) is 0 Å². The van der Waals surface area contributed by atoms with Gasteiger partial charge in [-0.25, -0.2) is 9.37 Å². The van der Waals surface area contributed by atoms with Gasteiger partial charge in [0.2, 0.25) is 5.88 Å². The summed E-state index contributed by atoms with van der Waals surface area (Å²) >= 11 is 3.36. The van der Waals surface area contributed by atoms with Crippen molar-refractivity contribution in [3.63, 3.8) is 0 Å². The second-order valence-electron chi connectivity index (χ2n) is 3.71. The Morgan fingerprint density at radius 1 is 1.39 bits per heavy atom. The Kier molecular flexibility index (Phi) is 4.28. The third-order valence-electron chi connectivity index (χ3n) is 2.27. The Labute approximate surface area is 113 Å². The third kappa shape index (κ3) is 3.27. The molecule has 0 saturated heterocycles. The average molecular weight is 311 g/mol. The maximum Gasteiger partial charge on any atom is 0.223 e. The lowest BCUT2D eigenvalue weighted by molar-refractivity contribution is 0.449. The Morgan fingerprint density at radius 3 is 2.94 bits per heavy atom. The summed E-state index contributed by atoms with van der Waals surface area (Å²) in [6.07, 6.45) is 1.15. The molecule has 0 amide bonds. The van der Waals surface area contributed by atoms with Gasteiger partial charge in [0, 0.05) is 16.6 Å². The summed E-state index contributed by atoms with van der Waals surface area (Å²) in [5.74, 6) is 0.687. The quantitative estimate of drug-likeness (QED) is 0.938. The number of nitrogens with zero attached hydrogens (tertiary/aromatic N) is 1. The summed E-state index contributed by atoms with van der Waals surface area (Å²) in [5, 5.41) is 2.95. The van der Waals surface area contributed by atoms with Crippen molar-refractivity contribution in [1.29, 1.82) is 0 Å². The Hall–Kier alpha value is -1.46. The molecule has 1 aromatic heterocycles. The summed E-state index contributed by atoms with van der Waals surface area (Å²) in [6.45, 7) is 0.494. The highest BCUT2D eigenvalue weighted by atomic mass is 79.9. The normalized spacial score (nSPS) is 10.4. The molecular weight excluding hydrogens is 299 g/mol. The predicted octanol–water partition coefficient (Wildman–Crippen LogP) is 3.49. The Balaban J connectivity index is 2.28. The number of rotatable bonds is 4. The minimum Gasteiger partial charge on any atom is -0.439 e. The van der Waals surface area contributed by atoms with Crippen LogP contribution in [0, 0.1) is 5.82 Å². The number of halogens is 2. The lowest BCUT2D eigenvalue weighted by atomic mass is 10.2. The SMILES string of the molecule is CNCc1cc(F)cnc1Oc1cccc(Br)c1. The fourth-order valence-electron chi connectivity index (χ4n) is 1.52. The summed E-state index contributed by atoms with van der Waals surface area (Å²) in [7, 11) is 1.79. The van der Waals surface area contributed by atoms with E-state index in [0.29, 0.717) is 23.7 Å². The lowest BCUT2D eigenvalue weighted by Crippen LogP contribution is -2.07. The van der Waals surface area contributed by atoms with Crippen LogP contribution >= 0.6 is 15.9 Å². The molecule has 0 aliphatic heterocycles. The van der Waals surface area contributed by atoms with E-state index in [1.807, 2.05) is 24.3 Å². The minimum absolute atomic E-state index is 0.373. The lowest BCUT2D eigenvalue weighted by Gasteiger charge is -2.10. The van der Waals surface area contributed by atoms with Gasteiger partial charge >= 0.3 is 0 Å². The van der Waals surface area contributed by atoms with Gasteiger partial charge in [-0.15, -0.1) is 0 Å². The van der Waals surface area contributed by atoms with Crippen LogP contribution in [-0.2, 0) is 6.54 Å². The largest absolute Gasteiger partial charge is 0.439 e. The molecule has 0 atom stereocenters. The molecule has 2 rings (SSSR count). The van der Waals surface area contributed by atoms with Crippen LogP contribution < -0.4 is 10.1 Å². The van der Waals surface area contributed by atoms with E-state index >= 15 is 0 Å². The van der Waals surface area contributed by atoms with Crippen LogP contribution in [0.3, 0.4) is 0 Å². The first-order valence-corrected chi connectivity index (χ1v) is 6.21. The number of nitrogens with one attached hydrogen (secondary N) is 1. The van der Waals surface area contributed by atoms with Crippen LogP contribution in [0.4, 0.5) is 4.39 Å². The predicted molar refractivity (Wildman–Crippen MR) is 71.2 cm³/mol. The van der Waals surface area contributed by atoms with Crippen molar-refractivity contribution in [3.05, 3.63) is 52.4 Å². The summed E-state index contributed by atoms with van der Waals surface area (Å²) in [6, 6.07) is 8.82. The molecule has 0 spiro atoms. The monoisotopic (exact) mass is 310 g/mol. The summed E-state index contributed by atoms with van der Waals surface area (Å²) < 4.78 is 19.7. The van der Waals surface area contributed by atoms with Gasteiger partial charge < -0.3 is 10.1 Å². The highest BCUT2D eigenvalue weighted by Gasteiger charge is 2.08. The first kappa shape index (κ1) is 13.0. The van der Waals surface area contributed by atoms with E-state index in [-0.39, 0.29) is 5.82 Å². The second-order valence-corrected chi connectivity index (χ2v) is 4.62. The van der Waals surface area contributed by atoms with E-state index in [4.69, 9.17) is 4.74 Å². The summed E-state index contributed by atoms with van der Waals surface area (Å²) in [4.78, 5) is 3.97. The number of hydrogen-bond acceptors (Lipinski definition) is 3. The van der Waals surface area contributed by atoms with Crippen molar-refractivity contribution < 1.29 is 9.13 Å². The molecule has 1 aromatic carbocycles. The smallest absolute Gasteiger partial charge is 0.223 e. The van der Waals surface area contributed by atoms with E-state index in [1.165, 1.54) is 6.07 Å². The van der Waals surface area contributed by atoms with Gasteiger partial charge in [-0.05, 0) is 31.3 Å². The van der Waals surface area contributed by atoms with Crippen molar-refractivity contribution in [2.45, 2.75) is 6.54 Å². The molecule has 1 heterocycles. The first-order valence-electron chi connectivity index (χ1n) is 5.41. The van der Waals surface area contributed by atoms with Crippen LogP contribution in [0.5, 0.6) is 11.6 Å². The molecule has 0 saturated carbocycles. The molecule has 0 bridgehead atoms. The highest BCUT2D eigenvalue weighted by molar-refractivity contribution is 9.10. The third-order valence-corrected chi connectivity index (χ3v) is 2.76. The first-order chi connectivity index (χ1) is 8.69. The van der Waals surface area contributed by atoms with Gasteiger partial charge in [-0.3, -0.25) is 0 Å². The zero-order valence-corrected chi connectivity index (χ0v) is 11.4. The molecule has 0 unspecified atom stereocenters. The fraction of sp³-hybridized carbons (Fsp3) is 0.154. The van der Waals surface area contributed by atoms with Crippen LogP contribution in [0.25, 0.3) is 0 Å². The van der Waals surface area contributed by atoms with Crippen molar-refractivity contribution in [2.24, 2.45) is 0 Å². The number of aromatic nitrogens is 1. The molecular formula is C13H12BrFN2O. The second kappa shape index (κ2) is 5.93. The van der Waals surface area contributed by atoms with Gasteiger partial charge in [0.15, 0.2) is 0 Å². The Morgan fingerprint density at radius 2 is 2.22 bits per heavy atom. The highest BCUT2D eigenvalue weighted by Crippen LogP contribution is 2.25. The molecule has 0 aliphatic carbocycles. The van der Waals surface area contributed by atoms with E-state index < -0.39 is 0 Å². The fourth-order valence-corrected chi connectivity index (χ4v) is 1.90. The molecule has 1 N–H and O–H groups in total. The molecule has 2 aromatic rings. The number of benzene rings is 1. The topological polar surface area (TPSA) is 34.2 Å². The summed E-state index contributed by atoms with van der Waals surface area (Å²) in [5.41, 5.74) is 0.678. The van der Waals surface area contributed by atoms with Crippen LogP contribution in [-0.4, -0.2) is 12.0 Å². The number of hydrogen-bond donors (Lipinski definition) is 1. The molecule has 0 radical (unpaired) electrons. The molecule has 3 nitrogen and oxygen atoms in total. The van der Waals surface area contributed by atoms with Gasteiger partial charge in [0.05, 0.1) is 6.20 Å². The molecule has 5 heteroatoms. The van der Waals surface area contributed by atoms with Crippen molar-refractivity contribution in [3.8, 4) is 11.6 Å². The van der Waals surface area contributed by atoms with Crippen LogP contribution in [0.1, 0.15) is 5.56 Å². The van der Waals surface area contributed by atoms with E-state index in [1.54, 1.807) is 7.05 Å². The van der Waals surface area contributed by atoms with Gasteiger partial charge in [0.25, 0.3) is 0 Å². The Bertz CT molecular complexity index is 548. The number of ether oxygens (including phenoxy) is 1. The van der Waals surface area contributed by atoms with E-state index in [0.717, 1.165) is 10.7 Å². The maximum atomic E-state index is 13.1. The molecule has 18 heavy (non-hydrogen) atoms. The maximum absolute atomic E-state index is 13.1. The van der Waals surface area contributed by atoms with Gasteiger partial charge in [0.1, 0.15) is 11.6 Å². The minimum atomic E-state index is -0.373. The standard InChI is InChI=1S/C13H12BrFN2O/c1-16-7-9-5-11(15)8-17-13(9)18-12-4-2-3-10(14)6-12/h2-6,8,16H,7H2,1H3. The zero-order chi connectivity index (χ0) is 13.0. The van der Waals surface area contributed by atoms with Crippen molar-refractivity contribution in [1.82, 2.24) is 10.3 Å². The zero-order valence-electron chi connectivity index (χ0n) is 9.78. The van der Waals surface area contributed by atoms with E-state index in [2.05, 4.69) is 26.2 Å². The van der Waals surface area contributed by atoms with Crippen LogP contribution in [0.15, 0.2) is 41.0 Å². The van der Waals surface area contributed by atoms with Gasteiger partial charge in [-0.2, -0.15) is 0 Å². The van der Waals surface area contributed by atoms with E-state index in [9.17, 15) is 4.39 Å². The van der Waals surface area contributed by atoms with Gasteiger partial charge in [-0.1, -0.05) is 22.0 Å². The molecule has 0 aliphatic rings. The average Bonchev–Trinajstić information content (AvgIpc) is 2.33. The van der Waals surface area contributed by atoms with Crippen molar-refractivity contribution >= 4 is 15.9 Å². The number of pyridine rings is 1. The molecule has 0 fully saturated rings. The molecule has 94 valence electrons. The van der Waals surface area contributed by atoms with Crippen molar-refractivity contribution in [2.75, 3.05) is 7.05 Å².